The predicted octanol–water partition coefficient (Wildman–Crippen LogP) is 3.80. The van der Waals surface area contributed by atoms with Gasteiger partial charge in [-0.2, -0.15) is 5.10 Å². The number of likely N-dealkylation sites (tertiary alicyclic amines) is 1. The third kappa shape index (κ3) is 4.41. The molecule has 0 spiro atoms. The van der Waals surface area contributed by atoms with Crippen LogP contribution in [0, 0.1) is 5.82 Å². The molecule has 5 rings (SSSR count). The van der Waals surface area contributed by atoms with Gasteiger partial charge in [-0.15, -0.1) is 0 Å². The summed E-state index contributed by atoms with van der Waals surface area (Å²) >= 11 is 0. The average molecular weight is 450 g/mol. The summed E-state index contributed by atoms with van der Waals surface area (Å²) in [6.07, 6.45) is 7.82. The molecule has 0 radical (unpaired) electrons. The first kappa shape index (κ1) is 21.4. The highest BCUT2D eigenvalue weighted by Crippen LogP contribution is 2.31. The van der Waals surface area contributed by atoms with Crippen molar-refractivity contribution >= 4 is 28.8 Å². The fourth-order valence-corrected chi connectivity index (χ4v) is 4.50. The van der Waals surface area contributed by atoms with E-state index >= 15 is 0 Å². The molecule has 1 fully saturated rings. The number of hydrogen-bond donors (Lipinski definition) is 2. The molecule has 2 N–H and O–H groups in total. The number of fused-ring (bicyclic) bond motifs is 1. The van der Waals surface area contributed by atoms with Crippen LogP contribution in [-0.4, -0.2) is 64.2 Å². The molecule has 2 aromatic heterocycles. The van der Waals surface area contributed by atoms with Gasteiger partial charge in [0.05, 0.1) is 41.1 Å². The Morgan fingerprint density at radius 3 is 2.70 bits per heavy atom. The number of nitrogens with one attached hydrogen (secondary N) is 2. The van der Waals surface area contributed by atoms with Gasteiger partial charge in [0.25, 0.3) is 5.91 Å². The van der Waals surface area contributed by atoms with Gasteiger partial charge in [-0.1, -0.05) is 12.1 Å². The molecule has 0 atom stereocenters. The maximum atomic E-state index is 14.6. The number of pyridine rings is 1. The number of amides is 1. The molecule has 4 heterocycles. The number of anilines is 4. The number of likely N-dealkylation sites (N-methyl/N-ethyl adjacent to an activating group) is 1. The Kier molecular flexibility index (Phi) is 5.72. The van der Waals surface area contributed by atoms with Gasteiger partial charge in [-0.05, 0) is 51.0 Å². The average Bonchev–Trinajstić information content (AvgIpc) is 3.27. The van der Waals surface area contributed by atoms with Crippen LogP contribution < -0.4 is 10.6 Å². The van der Waals surface area contributed by atoms with Crippen molar-refractivity contribution in [2.24, 2.45) is 0 Å². The molecule has 0 aliphatic carbocycles. The van der Waals surface area contributed by atoms with Crippen molar-refractivity contribution in [2.75, 3.05) is 44.4 Å². The molecule has 172 valence electrons. The van der Waals surface area contributed by atoms with E-state index in [1.54, 1.807) is 30.3 Å². The molecule has 1 saturated heterocycles. The Morgan fingerprint density at radius 1 is 1.06 bits per heavy atom. The number of benzene rings is 1. The van der Waals surface area contributed by atoms with Crippen molar-refractivity contribution < 1.29 is 9.18 Å². The third-order valence-electron chi connectivity index (χ3n) is 6.49. The summed E-state index contributed by atoms with van der Waals surface area (Å²) in [5.41, 5.74) is 3.21. The molecule has 9 heteroatoms. The van der Waals surface area contributed by atoms with Crippen LogP contribution >= 0.6 is 0 Å². The Morgan fingerprint density at radius 2 is 1.88 bits per heavy atom. The van der Waals surface area contributed by atoms with Crippen LogP contribution in [-0.2, 0) is 6.42 Å². The summed E-state index contributed by atoms with van der Waals surface area (Å²) < 4.78 is 16.6. The van der Waals surface area contributed by atoms with E-state index < -0.39 is 5.82 Å². The molecule has 8 nitrogen and oxygen atoms in total. The zero-order valence-corrected chi connectivity index (χ0v) is 18.9. The lowest BCUT2D eigenvalue weighted by Crippen LogP contribution is -2.34. The summed E-state index contributed by atoms with van der Waals surface area (Å²) in [6, 6.07) is 7.63. The van der Waals surface area contributed by atoms with Gasteiger partial charge >= 0.3 is 0 Å². The molecule has 0 unspecified atom stereocenters. The second-order valence-electron chi connectivity index (χ2n) is 8.86. The fraction of sp³-hybridized carbons (Fsp3) is 0.375. The number of halogens is 1. The van der Waals surface area contributed by atoms with E-state index in [1.165, 1.54) is 6.20 Å². The normalized spacial score (nSPS) is 17.2. The van der Waals surface area contributed by atoms with Gasteiger partial charge in [0, 0.05) is 25.9 Å². The number of hydrogen-bond acceptors (Lipinski definition) is 6. The van der Waals surface area contributed by atoms with Crippen molar-refractivity contribution in [3.8, 4) is 0 Å². The highest BCUT2D eigenvalue weighted by atomic mass is 19.1. The number of carbonyl (C=O) groups excluding carboxylic acids is 1. The number of rotatable bonds is 5. The minimum Gasteiger partial charge on any atom is -0.352 e. The monoisotopic (exact) mass is 449 g/mol. The maximum Gasteiger partial charge on any atom is 0.255 e. The minimum absolute atomic E-state index is 0.0616. The van der Waals surface area contributed by atoms with Crippen LogP contribution in [0.5, 0.6) is 0 Å². The van der Waals surface area contributed by atoms with Gasteiger partial charge < -0.3 is 20.4 Å². The Balaban J connectivity index is 1.35. The number of piperidine rings is 1. The molecule has 1 aromatic carbocycles. The summed E-state index contributed by atoms with van der Waals surface area (Å²) in [7, 11) is 3.92. The van der Waals surface area contributed by atoms with Crippen LogP contribution in [0.2, 0.25) is 0 Å². The van der Waals surface area contributed by atoms with Gasteiger partial charge in [-0.3, -0.25) is 9.48 Å². The zero-order valence-electron chi connectivity index (χ0n) is 18.9. The van der Waals surface area contributed by atoms with E-state index in [1.807, 2.05) is 23.0 Å². The SMILES string of the molecule is CN1CCC(n2cc(Nc3cc(Nc4cccc5c4C(=O)N(C)CC5)c(F)cn3)cn2)CC1. The Bertz CT molecular complexity index is 1170. The van der Waals surface area contributed by atoms with Crippen LogP contribution in [0.3, 0.4) is 0 Å². The molecule has 0 bridgehead atoms. The van der Waals surface area contributed by atoms with Gasteiger partial charge in [0.15, 0.2) is 5.82 Å². The van der Waals surface area contributed by atoms with E-state index in [-0.39, 0.29) is 11.6 Å². The summed E-state index contributed by atoms with van der Waals surface area (Å²) in [6.45, 7) is 2.80. The number of carbonyl (C=O) groups is 1. The zero-order chi connectivity index (χ0) is 22.9. The molecule has 2 aliphatic rings. The molecular weight excluding hydrogens is 421 g/mol. The van der Waals surface area contributed by atoms with Crippen LogP contribution in [0.25, 0.3) is 0 Å². The van der Waals surface area contributed by atoms with E-state index in [4.69, 9.17) is 0 Å². The highest BCUT2D eigenvalue weighted by Gasteiger charge is 2.25. The molecule has 0 saturated carbocycles. The first-order chi connectivity index (χ1) is 16.0. The highest BCUT2D eigenvalue weighted by molar-refractivity contribution is 6.02. The van der Waals surface area contributed by atoms with Crippen LogP contribution in [0.15, 0.2) is 42.9 Å². The standard InChI is InChI=1S/C24H28FN7O/c1-30-9-7-18(8-10-30)32-15-17(13-27-32)28-22-12-21(19(25)14-26-22)29-20-5-3-4-16-6-11-31(2)24(33)23(16)20/h3-5,12-15,18H,6-11H2,1-2H3,(H2,26,28,29). The quantitative estimate of drug-likeness (QED) is 0.617. The number of nitrogens with zero attached hydrogens (tertiary/aromatic N) is 5. The van der Waals surface area contributed by atoms with Crippen LogP contribution in [0.1, 0.15) is 34.8 Å². The first-order valence-electron chi connectivity index (χ1n) is 11.3. The van der Waals surface area contributed by atoms with E-state index in [0.717, 1.165) is 43.6 Å². The fourth-order valence-electron chi connectivity index (χ4n) is 4.50. The lowest BCUT2D eigenvalue weighted by molar-refractivity contribution is 0.0782. The first-order valence-corrected chi connectivity index (χ1v) is 11.3. The third-order valence-corrected chi connectivity index (χ3v) is 6.49. The van der Waals surface area contributed by atoms with Gasteiger partial charge in [0.2, 0.25) is 0 Å². The molecule has 2 aliphatic heterocycles. The summed E-state index contributed by atoms with van der Waals surface area (Å²) in [5, 5.41) is 10.8. The lowest BCUT2D eigenvalue weighted by atomic mass is 9.97. The van der Waals surface area contributed by atoms with Gasteiger partial charge in [0.1, 0.15) is 5.82 Å². The Labute approximate surface area is 192 Å². The van der Waals surface area contributed by atoms with E-state index in [9.17, 15) is 9.18 Å². The van der Waals surface area contributed by atoms with Gasteiger partial charge in [-0.25, -0.2) is 9.37 Å². The summed E-state index contributed by atoms with van der Waals surface area (Å²) in [5.74, 6) is -0.0552. The van der Waals surface area contributed by atoms with E-state index in [0.29, 0.717) is 29.7 Å². The van der Waals surface area contributed by atoms with Crippen molar-refractivity contribution in [1.82, 2.24) is 24.6 Å². The number of aromatic nitrogens is 3. The Hall–Kier alpha value is -3.46. The second-order valence-corrected chi connectivity index (χ2v) is 8.86. The summed E-state index contributed by atoms with van der Waals surface area (Å²) in [4.78, 5) is 20.9. The molecule has 3 aromatic rings. The van der Waals surface area contributed by atoms with Crippen molar-refractivity contribution in [1.29, 1.82) is 0 Å². The largest absolute Gasteiger partial charge is 0.352 e. The molecule has 1 amide bonds. The maximum absolute atomic E-state index is 14.6. The molecular formula is C24H28FN7O. The smallest absolute Gasteiger partial charge is 0.255 e. The lowest BCUT2D eigenvalue weighted by Gasteiger charge is -2.28. The molecule has 33 heavy (non-hydrogen) atoms. The van der Waals surface area contributed by atoms with Crippen molar-refractivity contribution in [3.05, 3.63) is 59.8 Å². The van der Waals surface area contributed by atoms with Crippen molar-refractivity contribution in [3.63, 3.8) is 0 Å². The van der Waals surface area contributed by atoms with Crippen molar-refractivity contribution in [2.45, 2.75) is 25.3 Å². The topological polar surface area (TPSA) is 78.3 Å². The minimum atomic E-state index is -0.489. The van der Waals surface area contributed by atoms with Crippen LogP contribution in [0.4, 0.5) is 27.3 Å². The second kappa shape index (κ2) is 8.82. The predicted molar refractivity (Wildman–Crippen MR) is 126 cm³/mol. The van der Waals surface area contributed by atoms with E-state index in [2.05, 4.69) is 32.7 Å².